The Kier molecular flexibility index (Phi) is 6.97. The zero-order valence-corrected chi connectivity index (χ0v) is 12.8. The summed E-state index contributed by atoms with van der Waals surface area (Å²) < 4.78 is 1.77. The van der Waals surface area contributed by atoms with Gasteiger partial charge in [-0.1, -0.05) is 50.6 Å². The van der Waals surface area contributed by atoms with Gasteiger partial charge in [-0.2, -0.15) is 0 Å². The van der Waals surface area contributed by atoms with Crippen molar-refractivity contribution in [3.63, 3.8) is 0 Å². The first kappa shape index (κ1) is 14.5. The average Bonchev–Trinajstić information content (AvgIpc) is 2.59. The monoisotopic (exact) mass is 323 g/mol. The largest absolute Gasteiger partial charge is 0.323 e. The van der Waals surface area contributed by atoms with E-state index in [2.05, 4.69) is 22.9 Å². The molecular formula is C12H19BrClNS. The minimum absolute atomic E-state index is 0.149. The summed E-state index contributed by atoms with van der Waals surface area (Å²) in [5.41, 5.74) is 6.12. The maximum absolute atomic E-state index is 6.12. The van der Waals surface area contributed by atoms with E-state index >= 15 is 0 Å². The molecule has 1 nitrogen and oxygen atoms in total. The molecule has 1 aromatic rings. The zero-order valence-electron chi connectivity index (χ0n) is 9.64. The molecule has 2 N–H and O–H groups in total. The van der Waals surface area contributed by atoms with Crippen molar-refractivity contribution in [1.82, 2.24) is 0 Å². The molecule has 92 valence electrons. The van der Waals surface area contributed by atoms with Crippen molar-refractivity contribution in [1.29, 1.82) is 0 Å². The van der Waals surface area contributed by atoms with Crippen LogP contribution in [-0.2, 0) is 0 Å². The lowest BCUT2D eigenvalue weighted by Crippen LogP contribution is -2.08. The summed E-state index contributed by atoms with van der Waals surface area (Å²) in [6.07, 6.45) is 7.53. The Morgan fingerprint density at radius 3 is 2.62 bits per heavy atom. The summed E-state index contributed by atoms with van der Waals surface area (Å²) in [5.74, 6) is 0. The number of rotatable bonds is 7. The molecule has 0 amide bonds. The number of halogens is 2. The van der Waals surface area contributed by atoms with Gasteiger partial charge in [-0.25, -0.2) is 0 Å². The fourth-order valence-electron chi connectivity index (χ4n) is 1.66. The van der Waals surface area contributed by atoms with Crippen molar-refractivity contribution >= 4 is 38.9 Å². The third-order valence-electron chi connectivity index (χ3n) is 2.65. The second kappa shape index (κ2) is 7.70. The average molecular weight is 325 g/mol. The van der Waals surface area contributed by atoms with Crippen molar-refractivity contribution in [2.45, 2.75) is 51.5 Å². The highest BCUT2D eigenvalue weighted by Crippen LogP contribution is 2.35. The van der Waals surface area contributed by atoms with Crippen LogP contribution in [-0.4, -0.2) is 0 Å². The lowest BCUT2D eigenvalue weighted by atomic mass is 10.1. The van der Waals surface area contributed by atoms with Crippen molar-refractivity contribution in [2.75, 3.05) is 0 Å². The molecule has 0 spiro atoms. The summed E-state index contributed by atoms with van der Waals surface area (Å²) in [5, 5.41) is 0. The van der Waals surface area contributed by atoms with Crippen molar-refractivity contribution in [3.8, 4) is 0 Å². The van der Waals surface area contributed by atoms with E-state index in [0.29, 0.717) is 0 Å². The first-order chi connectivity index (χ1) is 7.65. The first-order valence-corrected chi connectivity index (χ1v) is 7.84. The molecule has 0 radical (unpaired) electrons. The minimum Gasteiger partial charge on any atom is -0.323 e. The topological polar surface area (TPSA) is 26.0 Å². The maximum atomic E-state index is 6.12. The van der Waals surface area contributed by atoms with Gasteiger partial charge in [0.05, 0.1) is 0 Å². The van der Waals surface area contributed by atoms with Gasteiger partial charge in [-0.05, 0) is 28.4 Å². The predicted octanol–water partition coefficient (Wildman–Crippen LogP) is 5.52. The molecule has 1 heterocycles. The van der Waals surface area contributed by atoms with Gasteiger partial charge in [-0.3, -0.25) is 0 Å². The Morgan fingerprint density at radius 1 is 1.38 bits per heavy atom. The molecule has 1 aromatic heterocycles. The lowest BCUT2D eigenvalue weighted by Gasteiger charge is -2.08. The molecule has 0 fully saturated rings. The van der Waals surface area contributed by atoms with Crippen LogP contribution in [0, 0.1) is 0 Å². The Hall–Kier alpha value is 0.430. The molecule has 0 aliphatic heterocycles. The lowest BCUT2D eigenvalue weighted by molar-refractivity contribution is 0.559. The molecule has 1 rings (SSSR count). The van der Waals surface area contributed by atoms with Crippen LogP contribution in [0.5, 0.6) is 0 Å². The smallest absolute Gasteiger partial charge is 0.107 e. The van der Waals surface area contributed by atoms with Crippen LogP contribution in [0.2, 0.25) is 4.34 Å². The van der Waals surface area contributed by atoms with Gasteiger partial charge in [0.25, 0.3) is 0 Å². The standard InChI is InChI=1S/C12H19BrClNS/c1-2-3-4-5-6-7-10(15)11-8-9(13)12(14)16-11/h8,10H,2-7,15H2,1H3. The molecule has 16 heavy (non-hydrogen) atoms. The molecule has 0 saturated carbocycles. The second-order valence-corrected chi connectivity index (χ2v) is 6.62. The number of nitrogens with two attached hydrogens (primary N) is 1. The van der Waals surface area contributed by atoms with Gasteiger partial charge in [0.1, 0.15) is 4.34 Å². The van der Waals surface area contributed by atoms with Crippen molar-refractivity contribution < 1.29 is 0 Å². The highest BCUT2D eigenvalue weighted by Gasteiger charge is 2.11. The fraction of sp³-hybridized carbons (Fsp3) is 0.667. The molecule has 0 saturated heterocycles. The molecule has 4 heteroatoms. The van der Waals surface area contributed by atoms with Crippen LogP contribution in [0.1, 0.15) is 56.4 Å². The molecular weight excluding hydrogens is 306 g/mol. The molecule has 1 atom stereocenters. The molecule has 0 aliphatic carbocycles. The summed E-state index contributed by atoms with van der Waals surface area (Å²) >= 11 is 11.0. The fourth-order valence-corrected chi connectivity index (χ4v) is 3.43. The molecule has 1 unspecified atom stereocenters. The normalized spacial score (nSPS) is 13.0. The van der Waals surface area contributed by atoms with E-state index < -0.39 is 0 Å². The SMILES string of the molecule is CCCCCCCC(N)c1cc(Br)c(Cl)s1. The zero-order chi connectivity index (χ0) is 12.0. The van der Waals surface area contributed by atoms with E-state index in [1.165, 1.54) is 37.0 Å². The second-order valence-electron chi connectivity index (χ2n) is 4.08. The quantitative estimate of drug-likeness (QED) is 0.656. The van der Waals surface area contributed by atoms with Crippen LogP contribution in [0.15, 0.2) is 10.5 Å². The van der Waals surface area contributed by atoms with Gasteiger partial charge < -0.3 is 5.73 Å². The maximum Gasteiger partial charge on any atom is 0.107 e. The van der Waals surface area contributed by atoms with Gasteiger partial charge in [0, 0.05) is 15.4 Å². The third kappa shape index (κ3) is 4.74. The van der Waals surface area contributed by atoms with E-state index in [-0.39, 0.29) is 6.04 Å². The van der Waals surface area contributed by atoms with Crippen LogP contribution in [0.25, 0.3) is 0 Å². The number of hydrogen-bond donors (Lipinski definition) is 1. The van der Waals surface area contributed by atoms with E-state index in [1.54, 1.807) is 11.3 Å². The Bertz CT molecular complexity index is 294. The highest BCUT2D eigenvalue weighted by atomic mass is 79.9. The Balaban J connectivity index is 2.27. The first-order valence-electron chi connectivity index (χ1n) is 5.85. The molecule has 0 aromatic carbocycles. The van der Waals surface area contributed by atoms with E-state index in [0.717, 1.165) is 15.2 Å². The Morgan fingerprint density at radius 2 is 2.06 bits per heavy atom. The number of unbranched alkanes of at least 4 members (excludes halogenated alkanes) is 4. The number of hydrogen-bond acceptors (Lipinski definition) is 2. The molecule has 0 aliphatic rings. The number of thiophene rings is 1. The summed E-state index contributed by atoms with van der Waals surface area (Å²) in [6, 6.07) is 2.19. The Labute approximate surface area is 116 Å². The van der Waals surface area contributed by atoms with E-state index in [9.17, 15) is 0 Å². The summed E-state index contributed by atoms with van der Waals surface area (Å²) in [6.45, 7) is 2.23. The van der Waals surface area contributed by atoms with Crippen LogP contribution >= 0.6 is 38.9 Å². The van der Waals surface area contributed by atoms with Gasteiger partial charge in [0.15, 0.2) is 0 Å². The molecule has 0 bridgehead atoms. The van der Waals surface area contributed by atoms with Crippen LogP contribution in [0.3, 0.4) is 0 Å². The third-order valence-corrected chi connectivity index (χ3v) is 5.25. The van der Waals surface area contributed by atoms with E-state index in [4.69, 9.17) is 17.3 Å². The summed E-state index contributed by atoms with van der Waals surface area (Å²) in [4.78, 5) is 1.19. The van der Waals surface area contributed by atoms with Crippen molar-refractivity contribution in [3.05, 3.63) is 19.8 Å². The van der Waals surface area contributed by atoms with Crippen LogP contribution in [0.4, 0.5) is 0 Å². The minimum atomic E-state index is 0.149. The van der Waals surface area contributed by atoms with Gasteiger partial charge in [-0.15, -0.1) is 11.3 Å². The van der Waals surface area contributed by atoms with E-state index in [1.807, 2.05) is 6.07 Å². The van der Waals surface area contributed by atoms with Gasteiger partial charge >= 0.3 is 0 Å². The summed E-state index contributed by atoms with van der Waals surface area (Å²) in [7, 11) is 0. The van der Waals surface area contributed by atoms with Crippen LogP contribution < -0.4 is 5.73 Å². The van der Waals surface area contributed by atoms with Gasteiger partial charge in [0.2, 0.25) is 0 Å². The highest BCUT2D eigenvalue weighted by molar-refractivity contribution is 9.10. The predicted molar refractivity (Wildman–Crippen MR) is 77.3 cm³/mol. The van der Waals surface area contributed by atoms with Crippen molar-refractivity contribution in [2.24, 2.45) is 5.73 Å².